The van der Waals surface area contributed by atoms with Crippen molar-refractivity contribution >= 4 is 34.5 Å². The van der Waals surface area contributed by atoms with Gasteiger partial charge in [0.05, 0.1) is 12.8 Å². The van der Waals surface area contributed by atoms with Crippen LogP contribution >= 0.6 is 0 Å². The molecule has 1 saturated heterocycles. The first-order chi connectivity index (χ1) is 21.2. The highest BCUT2D eigenvalue weighted by Gasteiger charge is 2.31. The molecular weight excluding hydrogens is 560 g/mol. The molecule has 10 heteroatoms. The van der Waals surface area contributed by atoms with Crippen LogP contribution < -0.4 is 15.4 Å². The van der Waals surface area contributed by atoms with Crippen molar-refractivity contribution in [1.29, 1.82) is 5.26 Å². The van der Waals surface area contributed by atoms with E-state index in [1.807, 2.05) is 56.3 Å². The SMILES string of the molecule is COc1cccc2[nH]c(C(=O)CC(CC(C)C)C(=O)NC(/C=C(/C#N)C(=O)OCc3ccccc3)CC3CCNC3=O)cc12. The van der Waals surface area contributed by atoms with Crippen LogP contribution in [-0.4, -0.2) is 48.2 Å². The van der Waals surface area contributed by atoms with E-state index in [1.165, 1.54) is 6.08 Å². The second-order valence-electron chi connectivity index (χ2n) is 11.4. The lowest BCUT2D eigenvalue weighted by atomic mass is 9.90. The zero-order valence-electron chi connectivity index (χ0n) is 25.2. The first kappa shape index (κ1) is 32.0. The summed E-state index contributed by atoms with van der Waals surface area (Å²) in [4.78, 5) is 55.4. The molecule has 3 atom stereocenters. The number of carbonyl (C=O) groups is 4. The average Bonchev–Trinajstić information content (AvgIpc) is 3.64. The first-order valence-electron chi connectivity index (χ1n) is 14.8. The minimum atomic E-state index is -0.824. The number of H-pyrrole nitrogens is 1. The molecule has 2 heterocycles. The lowest BCUT2D eigenvalue weighted by Crippen LogP contribution is -2.41. The highest BCUT2D eigenvalue weighted by molar-refractivity contribution is 6.02. The third-order valence-corrected chi connectivity index (χ3v) is 7.65. The van der Waals surface area contributed by atoms with Crippen LogP contribution in [-0.2, 0) is 25.7 Å². The van der Waals surface area contributed by atoms with E-state index in [-0.39, 0.29) is 42.6 Å². The number of nitrogens with one attached hydrogen (secondary N) is 3. The van der Waals surface area contributed by atoms with Crippen LogP contribution in [0, 0.1) is 29.1 Å². The Labute approximate surface area is 256 Å². The quantitative estimate of drug-likeness (QED) is 0.106. The topological polar surface area (TPSA) is 150 Å². The Morgan fingerprint density at radius 1 is 1.14 bits per heavy atom. The summed E-state index contributed by atoms with van der Waals surface area (Å²) in [5.41, 5.74) is 1.62. The highest BCUT2D eigenvalue weighted by atomic mass is 16.5. The number of ketones is 1. The van der Waals surface area contributed by atoms with Crippen LogP contribution in [0.1, 0.15) is 55.6 Å². The molecule has 4 rings (SSSR count). The molecule has 1 aliphatic heterocycles. The van der Waals surface area contributed by atoms with Crippen molar-refractivity contribution in [1.82, 2.24) is 15.6 Å². The molecule has 44 heavy (non-hydrogen) atoms. The Bertz CT molecular complexity index is 1570. The molecule has 3 unspecified atom stereocenters. The van der Waals surface area contributed by atoms with Crippen LogP contribution in [0.2, 0.25) is 0 Å². The van der Waals surface area contributed by atoms with Gasteiger partial charge in [-0.3, -0.25) is 14.4 Å². The molecule has 1 aromatic heterocycles. The summed E-state index contributed by atoms with van der Waals surface area (Å²) in [6.07, 6.45) is 2.50. The third-order valence-electron chi connectivity index (χ3n) is 7.65. The number of aromatic amines is 1. The van der Waals surface area contributed by atoms with Crippen molar-refractivity contribution in [2.24, 2.45) is 17.8 Å². The van der Waals surface area contributed by atoms with E-state index in [0.29, 0.717) is 30.8 Å². The minimum Gasteiger partial charge on any atom is -0.496 e. The fraction of sp³-hybridized carbons (Fsp3) is 0.382. The number of benzene rings is 2. The molecule has 230 valence electrons. The Morgan fingerprint density at radius 3 is 2.57 bits per heavy atom. The van der Waals surface area contributed by atoms with Crippen LogP contribution in [0.25, 0.3) is 10.9 Å². The summed E-state index contributed by atoms with van der Waals surface area (Å²) in [5.74, 6) is -1.93. The van der Waals surface area contributed by atoms with Gasteiger partial charge in [-0.2, -0.15) is 5.26 Å². The lowest BCUT2D eigenvalue weighted by Gasteiger charge is -2.23. The van der Waals surface area contributed by atoms with Gasteiger partial charge in [-0.05, 0) is 55.0 Å². The van der Waals surface area contributed by atoms with E-state index in [0.717, 1.165) is 16.5 Å². The largest absolute Gasteiger partial charge is 0.496 e. The Morgan fingerprint density at radius 2 is 1.91 bits per heavy atom. The maximum absolute atomic E-state index is 13.7. The average molecular weight is 599 g/mol. The summed E-state index contributed by atoms with van der Waals surface area (Å²) in [6, 6.07) is 17.4. The van der Waals surface area contributed by atoms with Crippen molar-refractivity contribution in [3.8, 4) is 11.8 Å². The van der Waals surface area contributed by atoms with Crippen LogP contribution in [0.3, 0.4) is 0 Å². The number of carbonyl (C=O) groups excluding carboxylic acids is 4. The van der Waals surface area contributed by atoms with Gasteiger partial charge in [-0.1, -0.05) is 50.2 Å². The van der Waals surface area contributed by atoms with Gasteiger partial charge in [0, 0.05) is 41.7 Å². The van der Waals surface area contributed by atoms with Gasteiger partial charge >= 0.3 is 5.97 Å². The highest BCUT2D eigenvalue weighted by Crippen LogP contribution is 2.28. The van der Waals surface area contributed by atoms with Gasteiger partial charge in [0.15, 0.2) is 5.78 Å². The van der Waals surface area contributed by atoms with E-state index < -0.39 is 29.8 Å². The summed E-state index contributed by atoms with van der Waals surface area (Å²) in [7, 11) is 1.56. The third kappa shape index (κ3) is 8.34. The van der Waals surface area contributed by atoms with E-state index in [4.69, 9.17) is 9.47 Å². The van der Waals surface area contributed by atoms with Crippen molar-refractivity contribution in [2.75, 3.05) is 13.7 Å². The lowest BCUT2D eigenvalue weighted by molar-refractivity contribution is -0.139. The van der Waals surface area contributed by atoms with Gasteiger partial charge in [0.25, 0.3) is 0 Å². The number of amides is 2. The van der Waals surface area contributed by atoms with E-state index in [9.17, 15) is 24.4 Å². The molecule has 2 amide bonds. The molecule has 0 aliphatic carbocycles. The summed E-state index contributed by atoms with van der Waals surface area (Å²) >= 11 is 0. The molecule has 0 saturated carbocycles. The van der Waals surface area contributed by atoms with E-state index in [2.05, 4.69) is 15.6 Å². The van der Waals surface area contributed by atoms with Crippen LogP contribution in [0.15, 0.2) is 66.2 Å². The number of fused-ring (bicyclic) bond motifs is 1. The van der Waals surface area contributed by atoms with Gasteiger partial charge in [0.2, 0.25) is 11.8 Å². The second-order valence-corrected chi connectivity index (χ2v) is 11.4. The van der Waals surface area contributed by atoms with Crippen molar-refractivity contribution in [2.45, 2.75) is 52.2 Å². The number of nitrogens with zero attached hydrogens (tertiary/aromatic N) is 1. The number of rotatable bonds is 14. The van der Waals surface area contributed by atoms with Gasteiger partial charge in [-0.15, -0.1) is 0 Å². The first-order valence-corrected chi connectivity index (χ1v) is 14.8. The van der Waals surface area contributed by atoms with Gasteiger partial charge in [-0.25, -0.2) is 4.79 Å². The van der Waals surface area contributed by atoms with Crippen molar-refractivity contribution in [3.05, 3.63) is 77.5 Å². The Balaban J connectivity index is 1.53. The Kier molecular flexibility index (Phi) is 10.9. The molecular formula is C34H38N4O6. The molecule has 0 radical (unpaired) electrons. The summed E-state index contributed by atoms with van der Waals surface area (Å²) in [6.45, 7) is 4.43. The molecule has 10 nitrogen and oxygen atoms in total. The molecule has 3 N–H and O–H groups in total. The number of esters is 1. The Hall–Kier alpha value is -4.91. The number of Topliss-reactive ketones (excluding diaryl/α,β-unsaturated/α-hetero) is 1. The van der Waals surface area contributed by atoms with E-state index >= 15 is 0 Å². The smallest absolute Gasteiger partial charge is 0.348 e. The van der Waals surface area contributed by atoms with Crippen LogP contribution in [0.4, 0.5) is 0 Å². The summed E-state index contributed by atoms with van der Waals surface area (Å²) in [5, 5.41) is 16.3. The monoisotopic (exact) mass is 598 g/mol. The molecule has 3 aromatic rings. The zero-order chi connectivity index (χ0) is 31.6. The fourth-order valence-electron chi connectivity index (χ4n) is 5.44. The normalized spacial score (nSPS) is 16.2. The summed E-state index contributed by atoms with van der Waals surface area (Å²) < 4.78 is 10.8. The number of nitriles is 1. The molecule has 1 fully saturated rings. The van der Waals surface area contributed by atoms with Crippen LogP contribution in [0.5, 0.6) is 5.75 Å². The van der Waals surface area contributed by atoms with E-state index in [1.54, 1.807) is 25.3 Å². The van der Waals surface area contributed by atoms with Crippen molar-refractivity contribution in [3.63, 3.8) is 0 Å². The predicted octanol–water partition coefficient (Wildman–Crippen LogP) is 4.62. The fourth-order valence-corrected chi connectivity index (χ4v) is 5.44. The van der Waals surface area contributed by atoms with Crippen molar-refractivity contribution < 1.29 is 28.7 Å². The molecule has 0 spiro atoms. The number of methoxy groups -OCH3 is 1. The minimum absolute atomic E-state index is 0.0149. The zero-order valence-corrected chi connectivity index (χ0v) is 25.2. The number of hydrogen-bond acceptors (Lipinski definition) is 7. The van der Waals surface area contributed by atoms with Gasteiger partial charge in [0.1, 0.15) is 24.0 Å². The standard InChI is InChI=1S/C34H38N4O6/c1-21(2)14-24(17-30(39)29-18-27-28(38-29)10-7-11-31(27)43-3)33(41)37-26(15-23-12-13-36-32(23)40)16-25(19-35)34(42)44-20-22-8-5-4-6-9-22/h4-11,16,18,21,23-24,26,38H,12-15,17,20H2,1-3H3,(H,36,40)(H,37,41)/b25-16-. The number of aromatic nitrogens is 1. The maximum atomic E-state index is 13.7. The molecule has 0 bridgehead atoms. The second kappa shape index (κ2) is 15.0. The number of hydrogen-bond donors (Lipinski definition) is 3. The number of ether oxygens (including phenoxy) is 2. The molecule has 2 aromatic carbocycles. The predicted molar refractivity (Wildman–Crippen MR) is 164 cm³/mol. The molecule has 1 aliphatic rings. The van der Waals surface area contributed by atoms with Gasteiger partial charge < -0.3 is 25.1 Å². The maximum Gasteiger partial charge on any atom is 0.348 e.